The molecule has 0 aliphatic rings. The third kappa shape index (κ3) is 3.67. The number of hydrogen-bond donors (Lipinski definition) is 0. The van der Waals surface area contributed by atoms with Crippen LogP contribution in [0.1, 0.15) is 17.0 Å². The van der Waals surface area contributed by atoms with Gasteiger partial charge in [-0.2, -0.15) is 0 Å². The van der Waals surface area contributed by atoms with Crippen LogP contribution in [0.5, 0.6) is 0 Å². The Morgan fingerprint density at radius 2 is 1.46 bits per heavy atom. The van der Waals surface area contributed by atoms with Crippen molar-refractivity contribution < 1.29 is 8.83 Å². The topological polar surface area (TPSA) is 77.8 Å². The molecule has 0 spiro atoms. The molecular formula is C19H16N4O2S. The molecule has 6 nitrogen and oxygen atoms in total. The Kier molecular flexibility index (Phi) is 4.53. The van der Waals surface area contributed by atoms with Crippen LogP contribution < -0.4 is 0 Å². The summed E-state index contributed by atoms with van der Waals surface area (Å²) in [6.45, 7) is 4.09. The Morgan fingerprint density at radius 1 is 0.769 bits per heavy atom. The third-order valence-corrected chi connectivity index (χ3v) is 4.49. The van der Waals surface area contributed by atoms with Gasteiger partial charge in [-0.05, 0) is 38.1 Å². The van der Waals surface area contributed by atoms with Gasteiger partial charge < -0.3 is 8.83 Å². The van der Waals surface area contributed by atoms with E-state index < -0.39 is 0 Å². The highest BCUT2D eigenvalue weighted by atomic mass is 32.2. The van der Waals surface area contributed by atoms with Crippen molar-refractivity contribution in [1.29, 1.82) is 0 Å². The summed E-state index contributed by atoms with van der Waals surface area (Å²) in [6.07, 6.45) is 0. The first-order valence-corrected chi connectivity index (χ1v) is 9.09. The number of aromatic nitrogens is 4. The maximum Gasteiger partial charge on any atom is 0.277 e. The first-order chi connectivity index (χ1) is 12.7. The van der Waals surface area contributed by atoms with Crippen molar-refractivity contribution in [2.75, 3.05) is 0 Å². The van der Waals surface area contributed by atoms with Crippen molar-refractivity contribution >= 4 is 11.8 Å². The molecular weight excluding hydrogens is 348 g/mol. The number of nitrogens with zero attached hydrogens (tertiary/aromatic N) is 4. The highest BCUT2D eigenvalue weighted by Gasteiger charge is 2.13. The second-order valence-electron chi connectivity index (χ2n) is 5.91. The van der Waals surface area contributed by atoms with E-state index in [1.165, 1.54) is 11.8 Å². The van der Waals surface area contributed by atoms with E-state index in [1.807, 2.05) is 56.3 Å². The van der Waals surface area contributed by atoms with E-state index in [-0.39, 0.29) is 0 Å². The monoisotopic (exact) mass is 364 g/mol. The fraction of sp³-hybridized carbons (Fsp3) is 0.158. The average molecular weight is 364 g/mol. The lowest BCUT2D eigenvalue weighted by Gasteiger charge is -1.99. The van der Waals surface area contributed by atoms with Crippen molar-refractivity contribution in [2.45, 2.75) is 24.8 Å². The molecule has 0 bridgehead atoms. The van der Waals surface area contributed by atoms with E-state index >= 15 is 0 Å². The molecule has 4 aromatic rings. The maximum atomic E-state index is 5.74. The van der Waals surface area contributed by atoms with Crippen LogP contribution in [0.3, 0.4) is 0 Å². The summed E-state index contributed by atoms with van der Waals surface area (Å²) in [4.78, 5) is 0. The van der Waals surface area contributed by atoms with E-state index in [9.17, 15) is 0 Å². The molecule has 26 heavy (non-hydrogen) atoms. The molecule has 0 aliphatic carbocycles. The number of thioether (sulfide) groups is 1. The van der Waals surface area contributed by atoms with Crippen LogP contribution in [-0.4, -0.2) is 20.4 Å². The molecule has 0 amide bonds. The highest BCUT2D eigenvalue weighted by Crippen LogP contribution is 2.27. The van der Waals surface area contributed by atoms with E-state index in [4.69, 9.17) is 8.83 Å². The molecule has 2 aromatic carbocycles. The fourth-order valence-corrected chi connectivity index (χ4v) is 3.22. The fourth-order valence-electron chi connectivity index (χ4n) is 2.62. The van der Waals surface area contributed by atoms with E-state index in [1.54, 1.807) is 0 Å². The average Bonchev–Trinajstić information content (AvgIpc) is 3.29. The van der Waals surface area contributed by atoms with Crippen molar-refractivity contribution in [3.05, 3.63) is 65.5 Å². The van der Waals surface area contributed by atoms with Crippen LogP contribution in [0.25, 0.3) is 22.9 Å². The minimum absolute atomic E-state index is 0.467. The first-order valence-electron chi connectivity index (χ1n) is 8.10. The Balaban J connectivity index is 1.44. The number of aryl methyl sites for hydroxylation is 2. The van der Waals surface area contributed by atoms with Crippen molar-refractivity contribution in [3.8, 4) is 22.9 Å². The molecule has 2 aromatic heterocycles. The van der Waals surface area contributed by atoms with Gasteiger partial charge >= 0.3 is 0 Å². The van der Waals surface area contributed by atoms with Crippen molar-refractivity contribution in [1.82, 2.24) is 20.4 Å². The number of benzene rings is 2. The minimum Gasteiger partial charge on any atom is -0.420 e. The highest BCUT2D eigenvalue weighted by molar-refractivity contribution is 7.98. The van der Waals surface area contributed by atoms with Gasteiger partial charge in [0.05, 0.1) is 5.75 Å². The summed E-state index contributed by atoms with van der Waals surface area (Å²) >= 11 is 1.37. The Hall–Kier alpha value is -2.93. The van der Waals surface area contributed by atoms with Gasteiger partial charge in [0.2, 0.25) is 17.7 Å². The summed E-state index contributed by atoms with van der Waals surface area (Å²) in [5.41, 5.74) is 4.13. The largest absolute Gasteiger partial charge is 0.420 e. The zero-order valence-electron chi connectivity index (χ0n) is 14.3. The standard InChI is InChI=1S/C19H16N4O2S/c1-12-8-13(2)10-15(9-12)18-22-23-19(25-18)26-11-16-20-21-17(24-16)14-6-4-3-5-7-14/h3-10H,11H2,1-2H3. The quantitative estimate of drug-likeness (QED) is 0.475. The van der Waals surface area contributed by atoms with Gasteiger partial charge in [-0.25, -0.2) is 0 Å². The van der Waals surface area contributed by atoms with Crippen molar-refractivity contribution in [3.63, 3.8) is 0 Å². The zero-order chi connectivity index (χ0) is 17.9. The van der Waals surface area contributed by atoms with Crippen LogP contribution in [-0.2, 0) is 5.75 Å². The SMILES string of the molecule is Cc1cc(C)cc(-c2nnc(SCc3nnc(-c4ccccc4)o3)o2)c1. The molecule has 0 unspecified atom stereocenters. The lowest BCUT2D eigenvalue weighted by molar-refractivity contribution is 0.464. The minimum atomic E-state index is 0.467. The number of rotatable bonds is 5. The van der Waals surface area contributed by atoms with Gasteiger partial charge in [0, 0.05) is 11.1 Å². The van der Waals surface area contributed by atoms with Gasteiger partial charge in [-0.3, -0.25) is 0 Å². The van der Waals surface area contributed by atoms with Gasteiger partial charge in [-0.15, -0.1) is 20.4 Å². The molecule has 7 heteroatoms. The summed E-state index contributed by atoms with van der Waals surface area (Å²) < 4.78 is 11.4. The van der Waals surface area contributed by atoms with Crippen molar-refractivity contribution in [2.24, 2.45) is 0 Å². The van der Waals surface area contributed by atoms with Gasteiger partial charge in [-0.1, -0.05) is 47.2 Å². The Labute approximate surface area is 154 Å². The van der Waals surface area contributed by atoms with Crippen LogP contribution in [0.4, 0.5) is 0 Å². The van der Waals surface area contributed by atoms with E-state index in [0.29, 0.717) is 28.6 Å². The van der Waals surface area contributed by atoms with Crippen LogP contribution in [0.15, 0.2) is 62.6 Å². The third-order valence-electron chi connectivity index (χ3n) is 3.68. The molecule has 0 fully saturated rings. The van der Waals surface area contributed by atoms with Gasteiger partial charge in [0.15, 0.2) is 0 Å². The second-order valence-corrected chi connectivity index (χ2v) is 6.83. The summed E-state index contributed by atoms with van der Waals surface area (Å²) in [6, 6.07) is 15.8. The molecule has 4 rings (SSSR count). The summed E-state index contributed by atoms with van der Waals surface area (Å²) in [7, 11) is 0. The lowest BCUT2D eigenvalue weighted by atomic mass is 10.1. The maximum absolute atomic E-state index is 5.74. The first kappa shape index (κ1) is 16.5. The second kappa shape index (κ2) is 7.13. The van der Waals surface area contributed by atoms with Gasteiger partial charge in [0.25, 0.3) is 5.22 Å². The summed E-state index contributed by atoms with van der Waals surface area (Å²) in [5, 5.41) is 16.8. The number of hydrogen-bond acceptors (Lipinski definition) is 7. The zero-order valence-corrected chi connectivity index (χ0v) is 15.2. The smallest absolute Gasteiger partial charge is 0.277 e. The van der Waals surface area contributed by atoms with Crippen LogP contribution in [0.2, 0.25) is 0 Å². The molecule has 0 N–H and O–H groups in total. The van der Waals surface area contributed by atoms with Crippen LogP contribution >= 0.6 is 11.8 Å². The molecule has 0 radical (unpaired) electrons. The molecule has 0 aliphatic heterocycles. The molecule has 0 saturated carbocycles. The Morgan fingerprint density at radius 3 is 2.23 bits per heavy atom. The van der Waals surface area contributed by atoms with Crippen LogP contribution in [0, 0.1) is 13.8 Å². The summed E-state index contributed by atoms with van der Waals surface area (Å²) in [5.74, 6) is 1.99. The normalized spacial score (nSPS) is 11.0. The predicted octanol–water partition coefficient (Wildman–Crippen LogP) is 4.70. The van der Waals surface area contributed by atoms with E-state index in [2.05, 4.69) is 26.5 Å². The Bertz CT molecular complexity index is 1010. The van der Waals surface area contributed by atoms with Gasteiger partial charge in [0.1, 0.15) is 0 Å². The molecule has 130 valence electrons. The van der Waals surface area contributed by atoms with E-state index in [0.717, 1.165) is 22.3 Å². The molecule has 2 heterocycles. The molecule has 0 atom stereocenters. The molecule has 0 saturated heterocycles. The predicted molar refractivity (Wildman–Crippen MR) is 98.5 cm³/mol. The lowest BCUT2D eigenvalue weighted by Crippen LogP contribution is -1.82.